The molecular formula is C19H27N3O4. The van der Waals surface area contributed by atoms with E-state index in [4.69, 9.17) is 9.15 Å². The van der Waals surface area contributed by atoms with E-state index in [0.29, 0.717) is 23.6 Å². The SMILES string of the molecule is CCOC(=O)C1=C(CN2CCCCCC2)NC(=O)NC1c1ccc(C)o1. The van der Waals surface area contributed by atoms with Gasteiger partial charge in [0.2, 0.25) is 0 Å². The van der Waals surface area contributed by atoms with Gasteiger partial charge in [-0.3, -0.25) is 4.90 Å². The van der Waals surface area contributed by atoms with Gasteiger partial charge in [-0.1, -0.05) is 12.8 Å². The van der Waals surface area contributed by atoms with Crippen molar-refractivity contribution in [2.75, 3.05) is 26.2 Å². The zero-order chi connectivity index (χ0) is 18.5. The molecule has 1 atom stereocenters. The average molecular weight is 361 g/mol. The molecule has 0 saturated carbocycles. The van der Waals surface area contributed by atoms with Crippen molar-refractivity contribution in [3.05, 3.63) is 34.9 Å². The van der Waals surface area contributed by atoms with Crippen LogP contribution in [-0.4, -0.2) is 43.1 Å². The molecule has 1 unspecified atom stereocenters. The van der Waals surface area contributed by atoms with Gasteiger partial charge in [0, 0.05) is 12.2 Å². The summed E-state index contributed by atoms with van der Waals surface area (Å²) in [6.45, 7) is 6.34. The van der Waals surface area contributed by atoms with Crippen molar-refractivity contribution in [1.29, 1.82) is 0 Å². The summed E-state index contributed by atoms with van der Waals surface area (Å²) in [5, 5.41) is 5.62. The quantitative estimate of drug-likeness (QED) is 0.788. The maximum Gasteiger partial charge on any atom is 0.338 e. The molecular weight excluding hydrogens is 334 g/mol. The molecule has 2 aliphatic rings. The predicted molar refractivity (Wildman–Crippen MR) is 96.4 cm³/mol. The van der Waals surface area contributed by atoms with Crippen LogP contribution in [0.5, 0.6) is 0 Å². The molecule has 0 bridgehead atoms. The fraction of sp³-hybridized carbons (Fsp3) is 0.579. The van der Waals surface area contributed by atoms with Gasteiger partial charge in [0.05, 0.1) is 12.2 Å². The van der Waals surface area contributed by atoms with Crippen LogP contribution in [0.4, 0.5) is 4.79 Å². The fourth-order valence-electron chi connectivity index (χ4n) is 3.53. The standard InChI is InChI=1S/C19H27N3O4/c1-3-25-18(23)16-14(12-22-10-6-4-5-7-11-22)20-19(24)21-17(16)15-9-8-13(2)26-15/h8-9,17H,3-7,10-12H2,1-2H3,(H2,20,21,24). The molecule has 7 heteroatoms. The van der Waals surface area contributed by atoms with Crippen LogP contribution >= 0.6 is 0 Å². The van der Waals surface area contributed by atoms with Gasteiger partial charge in [-0.05, 0) is 51.9 Å². The molecule has 3 heterocycles. The van der Waals surface area contributed by atoms with Crippen molar-refractivity contribution in [3.63, 3.8) is 0 Å². The number of ether oxygens (including phenoxy) is 1. The highest BCUT2D eigenvalue weighted by Gasteiger charge is 2.36. The molecule has 3 rings (SSSR count). The smallest absolute Gasteiger partial charge is 0.338 e. The van der Waals surface area contributed by atoms with E-state index < -0.39 is 12.0 Å². The van der Waals surface area contributed by atoms with E-state index in [1.54, 1.807) is 13.0 Å². The Morgan fingerprint density at radius 3 is 2.62 bits per heavy atom. The maximum absolute atomic E-state index is 12.7. The monoisotopic (exact) mass is 361 g/mol. The Morgan fingerprint density at radius 2 is 2.00 bits per heavy atom. The number of hydrogen-bond donors (Lipinski definition) is 2. The van der Waals surface area contributed by atoms with Gasteiger partial charge >= 0.3 is 12.0 Å². The highest BCUT2D eigenvalue weighted by Crippen LogP contribution is 2.29. The third kappa shape index (κ3) is 4.27. The number of carbonyl (C=O) groups excluding carboxylic acids is 2. The summed E-state index contributed by atoms with van der Waals surface area (Å²) in [5.41, 5.74) is 1.03. The minimum Gasteiger partial charge on any atom is -0.464 e. The van der Waals surface area contributed by atoms with E-state index in [1.165, 1.54) is 12.8 Å². The number of rotatable bonds is 5. The van der Waals surface area contributed by atoms with Gasteiger partial charge in [-0.15, -0.1) is 0 Å². The third-order valence-corrected chi connectivity index (χ3v) is 4.78. The molecule has 7 nitrogen and oxygen atoms in total. The van der Waals surface area contributed by atoms with E-state index in [-0.39, 0.29) is 12.6 Å². The van der Waals surface area contributed by atoms with Gasteiger partial charge in [0.15, 0.2) is 0 Å². The number of likely N-dealkylation sites (tertiary alicyclic amines) is 1. The Bertz CT molecular complexity index is 687. The second-order valence-electron chi connectivity index (χ2n) is 6.78. The van der Waals surface area contributed by atoms with Crippen LogP contribution in [0.1, 0.15) is 50.2 Å². The lowest BCUT2D eigenvalue weighted by Gasteiger charge is -2.30. The Balaban J connectivity index is 1.94. The van der Waals surface area contributed by atoms with Crippen LogP contribution < -0.4 is 10.6 Å². The zero-order valence-corrected chi connectivity index (χ0v) is 15.5. The number of furan rings is 1. The number of hydrogen-bond acceptors (Lipinski definition) is 5. The van der Waals surface area contributed by atoms with Crippen LogP contribution in [0.15, 0.2) is 27.8 Å². The summed E-state index contributed by atoms with van der Waals surface area (Å²) in [6.07, 6.45) is 4.72. The van der Waals surface area contributed by atoms with Crippen molar-refractivity contribution in [1.82, 2.24) is 15.5 Å². The summed E-state index contributed by atoms with van der Waals surface area (Å²) in [6, 6.07) is 2.63. The molecule has 2 N–H and O–H groups in total. The van der Waals surface area contributed by atoms with Gasteiger partial charge in [0.25, 0.3) is 0 Å². The third-order valence-electron chi connectivity index (χ3n) is 4.78. The molecule has 1 aromatic heterocycles. The molecule has 0 radical (unpaired) electrons. The number of carbonyl (C=O) groups is 2. The van der Waals surface area contributed by atoms with E-state index in [0.717, 1.165) is 31.7 Å². The fourth-order valence-corrected chi connectivity index (χ4v) is 3.53. The van der Waals surface area contributed by atoms with Crippen LogP contribution in [0.2, 0.25) is 0 Å². The van der Waals surface area contributed by atoms with Crippen molar-refractivity contribution < 1.29 is 18.7 Å². The Labute approximate surface area is 153 Å². The number of aryl methyl sites for hydroxylation is 1. The van der Waals surface area contributed by atoms with E-state index in [2.05, 4.69) is 15.5 Å². The molecule has 0 aromatic carbocycles. The predicted octanol–water partition coefficient (Wildman–Crippen LogP) is 2.64. The second-order valence-corrected chi connectivity index (χ2v) is 6.78. The van der Waals surface area contributed by atoms with Crippen LogP contribution in [0, 0.1) is 6.92 Å². The number of nitrogens with zero attached hydrogens (tertiary/aromatic N) is 1. The van der Waals surface area contributed by atoms with Crippen molar-refractivity contribution >= 4 is 12.0 Å². The molecule has 1 aromatic rings. The Kier molecular flexibility index (Phi) is 5.98. The lowest BCUT2D eigenvalue weighted by atomic mass is 9.99. The highest BCUT2D eigenvalue weighted by molar-refractivity contribution is 5.95. The minimum atomic E-state index is -0.640. The van der Waals surface area contributed by atoms with E-state index >= 15 is 0 Å². The first-order chi connectivity index (χ1) is 12.6. The topological polar surface area (TPSA) is 83.8 Å². The first kappa shape index (κ1) is 18.5. The molecule has 26 heavy (non-hydrogen) atoms. The molecule has 2 amide bonds. The van der Waals surface area contributed by atoms with Crippen LogP contribution in [0.3, 0.4) is 0 Å². The first-order valence-electron chi connectivity index (χ1n) is 9.35. The Hall–Kier alpha value is -2.28. The number of nitrogens with one attached hydrogen (secondary N) is 2. The molecule has 2 aliphatic heterocycles. The molecule has 0 spiro atoms. The average Bonchev–Trinajstić information content (AvgIpc) is 2.87. The van der Waals surface area contributed by atoms with Gasteiger partial charge in [-0.25, -0.2) is 9.59 Å². The summed E-state index contributed by atoms with van der Waals surface area (Å²) >= 11 is 0. The molecule has 0 aliphatic carbocycles. The summed E-state index contributed by atoms with van der Waals surface area (Å²) in [5.74, 6) is 0.836. The van der Waals surface area contributed by atoms with Crippen molar-refractivity contribution in [2.45, 2.75) is 45.6 Å². The molecule has 1 saturated heterocycles. The van der Waals surface area contributed by atoms with Gasteiger partial charge < -0.3 is 19.8 Å². The zero-order valence-electron chi connectivity index (χ0n) is 15.5. The maximum atomic E-state index is 12.7. The minimum absolute atomic E-state index is 0.275. The highest BCUT2D eigenvalue weighted by atomic mass is 16.5. The van der Waals surface area contributed by atoms with Crippen LogP contribution in [0.25, 0.3) is 0 Å². The molecule has 1 fully saturated rings. The number of esters is 1. The largest absolute Gasteiger partial charge is 0.464 e. The summed E-state index contributed by atoms with van der Waals surface area (Å²) in [4.78, 5) is 27.2. The molecule has 142 valence electrons. The number of amides is 2. The lowest BCUT2D eigenvalue weighted by molar-refractivity contribution is -0.139. The van der Waals surface area contributed by atoms with Gasteiger partial charge in [-0.2, -0.15) is 0 Å². The van der Waals surface area contributed by atoms with Crippen molar-refractivity contribution in [2.24, 2.45) is 0 Å². The lowest BCUT2D eigenvalue weighted by Crippen LogP contribution is -2.48. The first-order valence-corrected chi connectivity index (χ1v) is 9.35. The second kappa shape index (κ2) is 8.40. The van der Waals surface area contributed by atoms with E-state index in [9.17, 15) is 9.59 Å². The summed E-state index contributed by atoms with van der Waals surface area (Å²) < 4.78 is 11.0. The number of urea groups is 1. The summed E-state index contributed by atoms with van der Waals surface area (Å²) in [7, 11) is 0. The van der Waals surface area contributed by atoms with Crippen LogP contribution in [-0.2, 0) is 9.53 Å². The van der Waals surface area contributed by atoms with Crippen molar-refractivity contribution in [3.8, 4) is 0 Å². The van der Waals surface area contributed by atoms with Gasteiger partial charge in [0.1, 0.15) is 17.6 Å². The Morgan fingerprint density at radius 1 is 1.27 bits per heavy atom. The normalized spacial score (nSPS) is 21.8. The van der Waals surface area contributed by atoms with E-state index in [1.807, 2.05) is 13.0 Å².